The van der Waals surface area contributed by atoms with Gasteiger partial charge < -0.3 is 15.4 Å². The maximum atomic E-state index is 12.7. The number of nitrogens with zero attached hydrogens (tertiary/aromatic N) is 4. The summed E-state index contributed by atoms with van der Waals surface area (Å²) in [6.07, 6.45) is 1.44. The van der Waals surface area contributed by atoms with Crippen LogP contribution >= 0.6 is 0 Å². The van der Waals surface area contributed by atoms with Gasteiger partial charge in [-0.05, 0) is 70.9 Å². The lowest BCUT2D eigenvalue weighted by molar-refractivity contribution is -0.124. The normalized spacial score (nSPS) is 15.5. The number of aryl methyl sites for hydroxylation is 3. The third-order valence-electron chi connectivity index (χ3n) is 5.60. The van der Waals surface area contributed by atoms with Gasteiger partial charge >= 0.3 is 0 Å². The molecule has 9 heteroatoms. The Labute approximate surface area is 192 Å². The fraction of sp³-hybridized carbons (Fsp3) is 0.375. The Bertz CT molecular complexity index is 1160. The van der Waals surface area contributed by atoms with Crippen molar-refractivity contribution >= 4 is 23.2 Å². The summed E-state index contributed by atoms with van der Waals surface area (Å²) < 4.78 is 7.08. The molecule has 0 radical (unpaired) electrons. The molecule has 9 nitrogen and oxygen atoms in total. The minimum Gasteiger partial charge on any atom is -0.368 e. The molecule has 1 aliphatic rings. The number of ether oxygens (including phenoxy) is 1. The summed E-state index contributed by atoms with van der Waals surface area (Å²) in [5, 5.41) is 10.3. The summed E-state index contributed by atoms with van der Waals surface area (Å²) in [5.41, 5.74) is 5.47. The van der Waals surface area contributed by atoms with Crippen LogP contribution in [-0.2, 0) is 20.7 Å². The van der Waals surface area contributed by atoms with Crippen LogP contribution in [0.25, 0.3) is 5.95 Å². The average molecular weight is 449 g/mol. The molecule has 1 aliphatic heterocycles. The molecule has 33 heavy (non-hydrogen) atoms. The van der Waals surface area contributed by atoms with Gasteiger partial charge in [-0.1, -0.05) is 0 Å². The first-order chi connectivity index (χ1) is 15.8. The highest BCUT2D eigenvalue weighted by Gasteiger charge is 2.23. The molecule has 2 N–H and O–H groups in total. The molecule has 1 unspecified atom stereocenters. The summed E-state index contributed by atoms with van der Waals surface area (Å²) in [4.78, 5) is 33.8. The van der Waals surface area contributed by atoms with Crippen LogP contribution in [0, 0.1) is 27.7 Å². The van der Waals surface area contributed by atoms with Gasteiger partial charge in [0.05, 0.1) is 12.1 Å². The average Bonchev–Trinajstić information content (AvgIpc) is 3.39. The zero-order valence-corrected chi connectivity index (χ0v) is 19.3. The second-order valence-electron chi connectivity index (χ2n) is 8.31. The van der Waals surface area contributed by atoms with Crippen LogP contribution in [0.1, 0.15) is 41.2 Å². The molecule has 2 amide bonds. The first-order valence-electron chi connectivity index (χ1n) is 11.0. The smallest absolute Gasteiger partial charge is 0.253 e. The van der Waals surface area contributed by atoms with E-state index in [4.69, 9.17) is 4.74 Å². The number of carbonyl (C=O) groups is 2. The number of benzene rings is 1. The van der Waals surface area contributed by atoms with E-state index in [1.807, 2.05) is 33.8 Å². The molecule has 4 rings (SSSR count). The van der Waals surface area contributed by atoms with E-state index in [0.717, 1.165) is 41.2 Å². The Morgan fingerprint density at radius 3 is 2.27 bits per heavy atom. The predicted octanol–water partition coefficient (Wildman–Crippen LogP) is 3.19. The maximum Gasteiger partial charge on any atom is 0.253 e. The summed E-state index contributed by atoms with van der Waals surface area (Å²) in [5.74, 6) is 0.207. The monoisotopic (exact) mass is 448 g/mol. The highest BCUT2D eigenvalue weighted by atomic mass is 16.5. The molecule has 2 aromatic heterocycles. The van der Waals surface area contributed by atoms with Gasteiger partial charge in [-0.3, -0.25) is 9.59 Å². The Kier molecular flexibility index (Phi) is 6.50. The summed E-state index contributed by atoms with van der Waals surface area (Å²) in [6.45, 7) is 8.24. The number of anilines is 2. The SMILES string of the molecule is Cc1cc(C)nc(-n2nc(C)c(CC(=O)Nc3ccc(NC(=O)C4CCCO4)cc3)c2C)n1. The van der Waals surface area contributed by atoms with Crippen LogP contribution < -0.4 is 10.6 Å². The summed E-state index contributed by atoms with van der Waals surface area (Å²) in [7, 11) is 0. The van der Waals surface area contributed by atoms with E-state index >= 15 is 0 Å². The molecular weight excluding hydrogens is 420 g/mol. The fourth-order valence-electron chi connectivity index (χ4n) is 3.94. The second kappa shape index (κ2) is 9.50. The molecule has 172 valence electrons. The molecule has 3 heterocycles. The van der Waals surface area contributed by atoms with E-state index in [2.05, 4.69) is 25.7 Å². The molecule has 1 saturated heterocycles. The molecule has 3 aromatic rings. The third kappa shape index (κ3) is 5.25. The lowest BCUT2D eigenvalue weighted by atomic mass is 10.1. The van der Waals surface area contributed by atoms with E-state index in [-0.39, 0.29) is 24.3 Å². The summed E-state index contributed by atoms with van der Waals surface area (Å²) >= 11 is 0. The van der Waals surface area contributed by atoms with Crippen molar-refractivity contribution in [1.29, 1.82) is 0 Å². The number of nitrogens with one attached hydrogen (secondary N) is 2. The minimum atomic E-state index is -0.383. The zero-order valence-electron chi connectivity index (χ0n) is 19.3. The Morgan fingerprint density at radius 1 is 1.03 bits per heavy atom. The largest absolute Gasteiger partial charge is 0.368 e. The van der Waals surface area contributed by atoms with E-state index in [0.29, 0.717) is 23.9 Å². The second-order valence-corrected chi connectivity index (χ2v) is 8.31. The van der Waals surface area contributed by atoms with Gasteiger partial charge in [0.25, 0.3) is 11.9 Å². The first kappa shape index (κ1) is 22.6. The number of carbonyl (C=O) groups excluding carboxylic acids is 2. The fourth-order valence-corrected chi connectivity index (χ4v) is 3.94. The molecule has 0 spiro atoms. The van der Waals surface area contributed by atoms with E-state index < -0.39 is 0 Å². The third-order valence-corrected chi connectivity index (χ3v) is 5.60. The Morgan fingerprint density at radius 2 is 1.67 bits per heavy atom. The van der Waals surface area contributed by atoms with Crippen molar-refractivity contribution in [2.24, 2.45) is 0 Å². The maximum absolute atomic E-state index is 12.7. The Hall–Kier alpha value is -3.59. The quantitative estimate of drug-likeness (QED) is 0.599. The summed E-state index contributed by atoms with van der Waals surface area (Å²) in [6, 6.07) is 8.94. The van der Waals surface area contributed by atoms with E-state index in [1.165, 1.54) is 0 Å². The molecule has 0 bridgehead atoms. The van der Waals surface area contributed by atoms with Crippen LogP contribution in [0.15, 0.2) is 30.3 Å². The van der Waals surface area contributed by atoms with Crippen LogP contribution in [0.3, 0.4) is 0 Å². The van der Waals surface area contributed by atoms with Crippen molar-refractivity contribution in [2.75, 3.05) is 17.2 Å². The number of rotatable bonds is 6. The van der Waals surface area contributed by atoms with Crippen molar-refractivity contribution in [3.63, 3.8) is 0 Å². The first-order valence-corrected chi connectivity index (χ1v) is 11.0. The molecule has 0 aliphatic carbocycles. The van der Waals surface area contributed by atoms with Gasteiger partial charge in [0.1, 0.15) is 6.10 Å². The van der Waals surface area contributed by atoms with Gasteiger partial charge in [-0.25, -0.2) is 14.6 Å². The molecule has 1 atom stereocenters. The van der Waals surface area contributed by atoms with Crippen molar-refractivity contribution < 1.29 is 14.3 Å². The minimum absolute atomic E-state index is 0.139. The molecular formula is C24H28N6O3. The van der Waals surface area contributed by atoms with Crippen molar-refractivity contribution in [3.05, 3.63) is 58.7 Å². The lowest BCUT2D eigenvalue weighted by Crippen LogP contribution is -2.26. The topological polar surface area (TPSA) is 111 Å². The lowest BCUT2D eigenvalue weighted by Gasteiger charge is -2.11. The van der Waals surface area contributed by atoms with Gasteiger partial charge in [-0.2, -0.15) is 5.10 Å². The number of hydrogen-bond acceptors (Lipinski definition) is 6. The van der Waals surface area contributed by atoms with Crippen molar-refractivity contribution in [3.8, 4) is 5.95 Å². The van der Waals surface area contributed by atoms with E-state index in [9.17, 15) is 9.59 Å². The van der Waals surface area contributed by atoms with E-state index in [1.54, 1.807) is 28.9 Å². The van der Waals surface area contributed by atoms with Crippen LogP contribution in [0.4, 0.5) is 11.4 Å². The Balaban J connectivity index is 1.40. The highest BCUT2D eigenvalue weighted by Crippen LogP contribution is 2.20. The molecule has 1 fully saturated rings. The number of hydrogen-bond donors (Lipinski definition) is 2. The number of amides is 2. The predicted molar refractivity (Wildman–Crippen MR) is 124 cm³/mol. The van der Waals surface area contributed by atoms with Gasteiger partial charge in [0, 0.05) is 40.6 Å². The highest BCUT2D eigenvalue weighted by molar-refractivity contribution is 5.95. The molecule has 0 saturated carbocycles. The van der Waals surface area contributed by atoms with Gasteiger partial charge in [-0.15, -0.1) is 0 Å². The standard InChI is InChI=1S/C24H28N6O3/c1-14-12-15(2)26-24(25-14)30-17(4)20(16(3)29-30)13-22(31)27-18-7-9-19(10-8-18)28-23(32)21-6-5-11-33-21/h7-10,12,21H,5-6,11,13H2,1-4H3,(H,27,31)(H,28,32). The van der Waals surface area contributed by atoms with Crippen LogP contribution in [0.2, 0.25) is 0 Å². The van der Waals surface area contributed by atoms with Crippen LogP contribution in [0.5, 0.6) is 0 Å². The van der Waals surface area contributed by atoms with Gasteiger partial charge in [0.2, 0.25) is 5.91 Å². The van der Waals surface area contributed by atoms with Crippen molar-refractivity contribution in [2.45, 2.75) is 53.1 Å². The van der Waals surface area contributed by atoms with Crippen LogP contribution in [-0.4, -0.2) is 44.3 Å². The van der Waals surface area contributed by atoms with Crippen molar-refractivity contribution in [1.82, 2.24) is 19.7 Å². The number of aromatic nitrogens is 4. The zero-order chi connectivity index (χ0) is 23.5. The molecule has 1 aromatic carbocycles. The van der Waals surface area contributed by atoms with Gasteiger partial charge in [0.15, 0.2) is 0 Å².